The average Bonchev–Trinajstić information content (AvgIpc) is 3.04. The molecule has 0 fully saturated rings. The van der Waals surface area contributed by atoms with E-state index >= 15 is 0 Å². The van der Waals surface area contributed by atoms with Crippen molar-refractivity contribution >= 4 is 20.9 Å². The number of nitrogens with one attached hydrogen (secondary N) is 1. The van der Waals surface area contributed by atoms with Crippen molar-refractivity contribution in [3.05, 3.63) is 42.0 Å². The molecule has 1 heterocycles. The van der Waals surface area contributed by atoms with E-state index in [1.807, 2.05) is 19.1 Å². The van der Waals surface area contributed by atoms with Crippen LogP contribution in [0.1, 0.15) is 12.5 Å². The molecule has 7 nitrogen and oxygen atoms in total. The molecule has 1 aromatic heterocycles. The van der Waals surface area contributed by atoms with Crippen molar-refractivity contribution in [3.63, 3.8) is 0 Å². The van der Waals surface area contributed by atoms with Gasteiger partial charge < -0.3 is 9.47 Å². The summed E-state index contributed by atoms with van der Waals surface area (Å²) in [5.41, 5.74) is 2.72. The maximum Gasteiger partial charge on any atom is 0.238 e. The Labute approximate surface area is 157 Å². The summed E-state index contributed by atoms with van der Waals surface area (Å²) in [6.45, 7) is 2.69. The van der Waals surface area contributed by atoms with Gasteiger partial charge in [-0.3, -0.25) is 5.10 Å². The van der Waals surface area contributed by atoms with Crippen LogP contribution in [0, 0.1) is 11.8 Å². The fraction of sp³-hybridized carbons (Fsp3) is 0.211. The molecule has 27 heavy (non-hydrogen) atoms. The Kier molecular flexibility index (Phi) is 5.46. The number of hydrogen-bond acceptors (Lipinski definition) is 5. The molecule has 0 saturated heterocycles. The second kappa shape index (κ2) is 7.80. The van der Waals surface area contributed by atoms with E-state index in [0.29, 0.717) is 30.2 Å². The average molecular weight is 385 g/mol. The summed E-state index contributed by atoms with van der Waals surface area (Å²) < 4.78 is 33.9. The maximum absolute atomic E-state index is 11.6. The lowest BCUT2D eigenvalue weighted by atomic mass is 10.1. The van der Waals surface area contributed by atoms with Crippen molar-refractivity contribution in [1.29, 1.82) is 0 Å². The number of sulfonamides is 1. The van der Waals surface area contributed by atoms with Crippen molar-refractivity contribution in [2.45, 2.75) is 11.8 Å². The molecule has 0 aliphatic heterocycles. The van der Waals surface area contributed by atoms with Crippen molar-refractivity contribution in [3.8, 4) is 28.8 Å². The molecule has 0 atom stereocenters. The topological polar surface area (TPSA) is 107 Å². The Bertz CT molecular complexity index is 1140. The lowest BCUT2D eigenvalue weighted by Gasteiger charge is -2.07. The van der Waals surface area contributed by atoms with E-state index in [2.05, 4.69) is 22.0 Å². The number of ether oxygens (including phenoxy) is 2. The summed E-state index contributed by atoms with van der Waals surface area (Å²) in [5.74, 6) is 6.56. The summed E-state index contributed by atoms with van der Waals surface area (Å²) >= 11 is 0. The lowest BCUT2D eigenvalue weighted by Crippen LogP contribution is -2.11. The van der Waals surface area contributed by atoms with Crippen LogP contribution in [0.25, 0.3) is 22.2 Å². The molecule has 3 rings (SSSR count). The van der Waals surface area contributed by atoms with Crippen LogP contribution in [0.15, 0.2) is 41.3 Å². The predicted molar refractivity (Wildman–Crippen MR) is 103 cm³/mol. The minimum atomic E-state index is -3.80. The lowest BCUT2D eigenvalue weighted by molar-refractivity contribution is 0.240. The zero-order chi connectivity index (χ0) is 19.4. The van der Waals surface area contributed by atoms with E-state index in [9.17, 15) is 8.42 Å². The number of benzene rings is 2. The van der Waals surface area contributed by atoms with Crippen LogP contribution in [0.2, 0.25) is 0 Å². The molecule has 8 heteroatoms. The Morgan fingerprint density at radius 1 is 1.26 bits per heavy atom. The molecule has 3 aromatic rings. The first kappa shape index (κ1) is 18.9. The second-order valence-electron chi connectivity index (χ2n) is 5.71. The minimum Gasteiger partial charge on any atom is -0.493 e. The van der Waals surface area contributed by atoms with Gasteiger partial charge in [0.2, 0.25) is 10.0 Å². The van der Waals surface area contributed by atoms with Gasteiger partial charge in [-0.15, -0.1) is 0 Å². The third-order valence-corrected chi connectivity index (χ3v) is 4.75. The molecular formula is C19H19N3O4S. The first-order chi connectivity index (χ1) is 12.9. The van der Waals surface area contributed by atoms with Gasteiger partial charge in [-0.1, -0.05) is 24.0 Å². The van der Waals surface area contributed by atoms with Crippen molar-refractivity contribution in [2.24, 2.45) is 5.14 Å². The molecular weight excluding hydrogens is 366 g/mol. The molecule has 0 aliphatic rings. The predicted octanol–water partition coefficient (Wildman–Crippen LogP) is 2.27. The highest BCUT2D eigenvalue weighted by Gasteiger charge is 2.15. The number of H-pyrrole nitrogens is 1. The number of aromatic nitrogens is 2. The summed E-state index contributed by atoms with van der Waals surface area (Å²) in [4.78, 5) is 0.0308. The van der Waals surface area contributed by atoms with E-state index in [4.69, 9.17) is 14.6 Å². The van der Waals surface area contributed by atoms with E-state index in [1.54, 1.807) is 19.2 Å². The third-order valence-electron chi connectivity index (χ3n) is 3.84. The zero-order valence-electron chi connectivity index (χ0n) is 14.9. The van der Waals surface area contributed by atoms with Crippen molar-refractivity contribution in [2.75, 3.05) is 20.3 Å². The highest BCUT2D eigenvalue weighted by molar-refractivity contribution is 7.89. The SMILES string of the molecule is CCOc1cc2c(-c3cccc(S(N)(=O)=O)c3)n[nH]c2cc1C#CCOC. The number of methoxy groups -OCH3 is 1. The van der Waals surface area contributed by atoms with Crippen LogP contribution in [0.5, 0.6) is 5.75 Å². The summed E-state index contributed by atoms with van der Waals surface area (Å²) in [5, 5.41) is 13.3. The molecule has 0 bridgehead atoms. The quantitative estimate of drug-likeness (QED) is 0.655. The second-order valence-corrected chi connectivity index (χ2v) is 7.27. The van der Waals surface area contributed by atoms with E-state index < -0.39 is 10.0 Å². The van der Waals surface area contributed by atoms with Crippen molar-refractivity contribution in [1.82, 2.24) is 10.2 Å². The largest absolute Gasteiger partial charge is 0.493 e. The Balaban J connectivity index is 2.14. The van der Waals surface area contributed by atoms with E-state index in [-0.39, 0.29) is 4.90 Å². The molecule has 0 spiro atoms. The number of nitrogens with two attached hydrogens (primary N) is 1. The first-order valence-electron chi connectivity index (χ1n) is 8.20. The fourth-order valence-corrected chi connectivity index (χ4v) is 3.22. The van der Waals surface area contributed by atoms with Gasteiger partial charge in [0.15, 0.2) is 0 Å². The molecule has 0 saturated carbocycles. The molecule has 0 unspecified atom stereocenters. The minimum absolute atomic E-state index is 0.0308. The van der Waals surface area contributed by atoms with Crippen LogP contribution < -0.4 is 9.88 Å². The Morgan fingerprint density at radius 3 is 2.78 bits per heavy atom. The molecule has 140 valence electrons. The molecule has 3 N–H and O–H groups in total. The monoisotopic (exact) mass is 385 g/mol. The van der Waals surface area contributed by atoms with Crippen LogP contribution in [-0.4, -0.2) is 38.9 Å². The highest BCUT2D eigenvalue weighted by atomic mass is 32.2. The number of nitrogens with zero attached hydrogens (tertiary/aromatic N) is 1. The van der Waals surface area contributed by atoms with Gasteiger partial charge in [-0.05, 0) is 31.2 Å². The van der Waals surface area contributed by atoms with Gasteiger partial charge in [0, 0.05) is 18.1 Å². The normalized spacial score (nSPS) is 11.2. The Hall–Kier alpha value is -2.86. The van der Waals surface area contributed by atoms with E-state index in [1.165, 1.54) is 12.1 Å². The number of rotatable bonds is 5. The first-order valence-corrected chi connectivity index (χ1v) is 9.74. The number of fused-ring (bicyclic) bond motifs is 1. The molecule has 0 amide bonds. The van der Waals surface area contributed by atoms with Crippen LogP contribution >= 0.6 is 0 Å². The van der Waals surface area contributed by atoms with Crippen molar-refractivity contribution < 1.29 is 17.9 Å². The van der Waals surface area contributed by atoms with E-state index in [0.717, 1.165) is 16.5 Å². The van der Waals surface area contributed by atoms with Gasteiger partial charge in [0.25, 0.3) is 0 Å². The summed E-state index contributed by atoms with van der Waals surface area (Å²) in [7, 11) is -2.22. The Morgan fingerprint density at radius 2 is 2.07 bits per heavy atom. The number of hydrogen-bond donors (Lipinski definition) is 2. The summed E-state index contributed by atoms with van der Waals surface area (Å²) in [6, 6.07) is 10.0. The van der Waals surface area contributed by atoms with Crippen LogP contribution in [-0.2, 0) is 14.8 Å². The number of primary sulfonamides is 1. The number of aromatic amines is 1. The molecule has 2 aromatic carbocycles. The standard InChI is InChI=1S/C19H19N3O4S/c1-3-26-18-12-16-17(11-13(18)7-5-9-25-2)21-22-19(16)14-6-4-8-15(10-14)27(20,23)24/h4,6,8,10-12H,3,9H2,1-2H3,(H,21,22)(H2,20,23,24). The smallest absolute Gasteiger partial charge is 0.238 e. The van der Waals surface area contributed by atoms with Gasteiger partial charge in [0.1, 0.15) is 18.1 Å². The zero-order valence-corrected chi connectivity index (χ0v) is 15.8. The van der Waals surface area contributed by atoms with Crippen LogP contribution in [0.3, 0.4) is 0 Å². The maximum atomic E-state index is 11.6. The molecule has 0 radical (unpaired) electrons. The fourth-order valence-electron chi connectivity index (χ4n) is 2.66. The van der Waals surface area contributed by atoms with Gasteiger partial charge in [-0.25, -0.2) is 13.6 Å². The molecule has 0 aliphatic carbocycles. The third kappa shape index (κ3) is 4.11. The van der Waals surface area contributed by atoms with Gasteiger partial charge in [-0.2, -0.15) is 5.10 Å². The van der Waals surface area contributed by atoms with Crippen LogP contribution in [0.4, 0.5) is 0 Å². The van der Waals surface area contributed by atoms with Gasteiger partial charge in [0.05, 0.1) is 22.6 Å². The van der Waals surface area contributed by atoms with Gasteiger partial charge >= 0.3 is 0 Å². The highest BCUT2D eigenvalue weighted by Crippen LogP contribution is 2.32. The summed E-state index contributed by atoms with van der Waals surface area (Å²) in [6.07, 6.45) is 0.